The summed E-state index contributed by atoms with van der Waals surface area (Å²) in [5, 5.41) is 8.99. The lowest BCUT2D eigenvalue weighted by Crippen LogP contribution is -2.50. The van der Waals surface area contributed by atoms with Gasteiger partial charge in [0, 0.05) is 6.61 Å². The van der Waals surface area contributed by atoms with E-state index in [4.69, 9.17) is 9.84 Å². The molecule has 1 saturated carbocycles. The number of ether oxygens (including phenoxy) is 1. The first-order valence-corrected chi connectivity index (χ1v) is 6.41. The molecule has 2 unspecified atom stereocenters. The Hall–Kier alpha value is -0.860. The minimum absolute atomic E-state index is 0.206. The van der Waals surface area contributed by atoms with E-state index in [1.807, 2.05) is 18.2 Å². The molecule has 2 heteroatoms. The molecule has 1 N–H and O–H groups in total. The van der Waals surface area contributed by atoms with E-state index < -0.39 is 0 Å². The lowest BCUT2D eigenvalue weighted by atomic mass is 9.59. The molecule has 2 rings (SSSR count). The van der Waals surface area contributed by atoms with Crippen molar-refractivity contribution in [2.45, 2.75) is 39.4 Å². The van der Waals surface area contributed by atoms with Crippen LogP contribution in [-0.4, -0.2) is 17.8 Å². The van der Waals surface area contributed by atoms with Gasteiger partial charge >= 0.3 is 0 Å². The molecule has 94 valence electrons. The zero-order valence-corrected chi connectivity index (χ0v) is 10.7. The van der Waals surface area contributed by atoms with Crippen LogP contribution in [0.4, 0.5) is 0 Å². The number of aliphatic hydroxyl groups excluding tert-OH is 1. The summed E-state index contributed by atoms with van der Waals surface area (Å²) in [7, 11) is 0. The molecule has 0 radical (unpaired) electrons. The summed E-state index contributed by atoms with van der Waals surface area (Å²) in [5.74, 6) is 0.605. The second-order valence-electron chi connectivity index (χ2n) is 5.55. The number of rotatable bonds is 5. The second-order valence-corrected chi connectivity index (χ2v) is 5.55. The van der Waals surface area contributed by atoms with Gasteiger partial charge in [-0.3, -0.25) is 0 Å². The van der Waals surface area contributed by atoms with Gasteiger partial charge in [0.15, 0.2) is 0 Å². The van der Waals surface area contributed by atoms with Crippen LogP contribution in [0.15, 0.2) is 30.3 Å². The first-order valence-electron chi connectivity index (χ1n) is 6.41. The van der Waals surface area contributed by atoms with Gasteiger partial charge < -0.3 is 9.84 Å². The average molecular weight is 234 g/mol. The fourth-order valence-corrected chi connectivity index (χ4v) is 2.67. The lowest BCUT2D eigenvalue weighted by molar-refractivity contribution is -0.149. The molecule has 17 heavy (non-hydrogen) atoms. The summed E-state index contributed by atoms with van der Waals surface area (Å²) >= 11 is 0. The van der Waals surface area contributed by atoms with Crippen LogP contribution in [0, 0.1) is 11.3 Å². The van der Waals surface area contributed by atoms with Crippen LogP contribution in [0.25, 0.3) is 0 Å². The molecule has 2 atom stereocenters. The normalized spacial score (nSPS) is 26.5. The minimum Gasteiger partial charge on any atom is -0.396 e. The standard InChI is InChI=1S/C15H22O2/c1-15(2)13(8-9-16)10-14(15)17-11-12-6-4-3-5-7-12/h3-7,13-14,16H,8-11H2,1-2H3. The van der Waals surface area contributed by atoms with Crippen molar-refractivity contribution in [1.29, 1.82) is 0 Å². The van der Waals surface area contributed by atoms with Gasteiger partial charge in [0.1, 0.15) is 0 Å². The van der Waals surface area contributed by atoms with Gasteiger partial charge in [-0.05, 0) is 29.7 Å². The largest absolute Gasteiger partial charge is 0.396 e. The fourth-order valence-electron chi connectivity index (χ4n) is 2.67. The molecular formula is C15H22O2. The molecule has 0 bridgehead atoms. The highest BCUT2D eigenvalue weighted by molar-refractivity contribution is 5.13. The minimum atomic E-state index is 0.206. The Labute approximate surface area is 104 Å². The van der Waals surface area contributed by atoms with Gasteiger partial charge in [0.05, 0.1) is 12.7 Å². The van der Waals surface area contributed by atoms with Crippen molar-refractivity contribution < 1.29 is 9.84 Å². The van der Waals surface area contributed by atoms with Gasteiger partial charge in [0.25, 0.3) is 0 Å². The molecular weight excluding hydrogens is 212 g/mol. The Morgan fingerprint density at radius 1 is 1.29 bits per heavy atom. The van der Waals surface area contributed by atoms with Crippen LogP contribution in [0.5, 0.6) is 0 Å². The summed E-state index contributed by atoms with van der Waals surface area (Å²) < 4.78 is 5.97. The van der Waals surface area contributed by atoms with Gasteiger partial charge in [-0.2, -0.15) is 0 Å². The highest BCUT2D eigenvalue weighted by atomic mass is 16.5. The van der Waals surface area contributed by atoms with E-state index in [2.05, 4.69) is 26.0 Å². The summed E-state index contributed by atoms with van der Waals surface area (Å²) in [4.78, 5) is 0. The van der Waals surface area contributed by atoms with E-state index in [1.165, 1.54) is 5.56 Å². The van der Waals surface area contributed by atoms with E-state index in [0.717, 1.165) is 12.8 Å². The van der Waals surface area contributed by atoms with Crippen LogP contribution in [0.1, 0.15) is 32.3 Å². The first-order chi connectivity index (χ1) is 8.14. The van der Waals surface area contributed by atoms with Gasteiger partial charge in [-0.1, -0.05) is 44.2 Å². The molecule has 1 aliphatic carbocycles. The SMILES string of the molecule is CC1(C)C(CCO)CC1OCc1ccccc1. The summed E-state index contributed by atoms with van der Waals surface area (Å²) in [6.45, 7) is 5.47. The maximum absolute atomic E-state index is 8.99. The quantitative estimate of drug-likeness (QED) is 0.848. The maximum Gasteiger partial charge on any atom is 0.0720 e. The summed E-state index contributed by atoms with van der Waals surface area (Å²) in [6.07, 6.45) is 2.32. The summed E-state index contributed by atoms with van der Waals surface area (Å²) in [5.41, 5.74) is 1.44. The van der Waals surface area contributed by atoms with Crippen molar-refractivity contribution in [3.05, 3.63) is 35.9 Å². The van der Waals surface area contributed by atoms with Gasteiger partial charge in [-0.25, -0.2) is 0 Å². The first kappa shape index (κ1) is 12.6. The second kappa shape index (κ2) is 5.19. The Bertz CT molecular complexity index is 345. The molecule has 0 spiro atoms. The highest BCUT2D eigenvalue weighted by Gasteiger charge is 2.48. The zero-order valence-electron chi connectivity index (χ0n) is 10.7. The summed E-state index contributed by atoms with van der Waals surface area (Å²) in [6, 6.07) is 10.3. The third kappa shape index (κ3) is 2.70. The van der Waals surface area contributed by atoms with E-state index in [-0.39, 0.29) is 5.41 Å². The molecule has 0 heterocycles. The molecule has 0 aromatic heterocycles. The van der Waals surface area contributed by atoms with E-state index in [0.29, 0.717) is 25.2 Å². The topological polar surface area (TPSA) is 29.5 Å². The van der Waals surface area contributed by atoms with Crippen molar-refractivity contribution in [2.75, 3.05) is 6.61 Å². The predicted octanol–water partition coefficient (Wildman–Crippen LogP) is 3.00. The van der Waals surface area contributed by atoms with Crippen LogP contribution in [-0.2, 0) is 11.3 Å². The fraction of sp³-hybridized carbons (Fsp3) is 0.600. The Kier molecular flexibility index (Phi) is 3.85. The number of hydrogen-bond donors (Lipinski definition) is 1. The van der Waals surface area contributed by atoms with Gasteiger partial charge in [-0.15, -0.1) is 0 Å². The molecule has 0 saturated heterocycles. The molecule has 1 aromatic rings. The van der Waals surface area contributed by atoms with E-state index in [9.17, 15) is 0 Å². The van der Waals surface area contributed by atoms with E-state index in [1.54, 1.807) is 0 Å². The molecule has 0 amide bonds. The van der Waals surface area contributed by atoms with Crippen LogP contribution >= 0.6 is 0 Å². The van der Waals surface area contributed by atoms with Crippen LogP contribution in [0.3, 0.4) is 0 Å². The number of hydrogen-bond acceptors (Lipinski definition) is 2. The Morgan fingerprint density at radius 3 is 2.59 bits per heavy atom. The van der Waals surface area contributed by atoms with E-state index >= 15 is 0 Å². The van der Waals surface area contributed by atoms with Crippen molar-refractivity contribution >= 4 is 0 Å². The molecule has 2 nitrogen and oxygen atoms in total. The lowest BCUT2D eigenvalue weighted by Gasteiger charge is -2.51. The number of aliphatic hydroxyl groups is 1. The molecule has 1 aromatic carbocycles. The zero-order chi connectivity index (χ0) is 12.3. The molecule has 1 aliphatic rings. The van der Waals surface area contributed by atoms with Crippen LogP contribution in [0.2, 0.25) is 0 Å². The third-order valence-corrected chi connectivity index (χ3v) is 4.15. The predicted molar refractivity (Wildman–Crippen MR) is 68.6 cm³/mol. The van der Waals surface area contributed by atoms with Crippen molar-refractivity contribution in [3.63, 3.8) is 0 Å². The van der Waals surface area contributed by atoms with Crippen LogP contribution < -0.4 is 0 Å². The smallest absolute Gasteiger partial charge is 0.0720 e. The highest BCUT2D eigenvalue weighted by Crippen LogP contribution is 2.49. The molecule has 1 fully saturated rings. The number of benzene rings is 1. The third-order valence-electron chi connectivity index (χ3n) is 4.15. The van der Waals surface area contributed by atoms with Crippen molar-refractivity contribution in [3.8, 4) is 0 Å². The van der Waals surface area contributed by atoms with Crippen molar-refractivity contribution in [2.24, 2.45) is 11.3 Å². The Morgan fingerprint density at radius 2 is 2.00 bits per heavy atom. The van der Waals surface area contributed by atoms with Gasteiger partial charge in [0.2, 0.25) is 0 Å². The average Bonchev–Trinajstić information content (AvgIpc) is 2.34. The Balaban J connectivity index is 1.82. The monoisotopic (exact) mass is 234 g/mol. The maximum atomic E-state index is 8.99. The molecule has 0 aliphatic heterocycles. The van der Waals surface area contributed by atoms with Crippen molar-refractivity contribution in [1.82, 2.24) is 0 Å².